The summed E-state index contributed by atoms with van der Waals surface area (Å²) < 4.78 is 0. The number of nitrogens with zero attached hydrogens (tertiary/aromatic N) is 1. The molecule has 0 spiro atoms. The predicted molar refractivity (Wildman–Crippen MR) is 83.6 cm³/mol. The summed E-state index contributed by atoms with van der Waals surface area (Å²) in [6, 6.07) is 15.1. The summed E-state index contributed by atoms with van der Waals surface area (Å²) in [5.41, 5.74) is 4.79. The molecule has 3 nitrogen and oxygen atoms in total. The summed E-state index contributed by atoms with van der Waals surface area (Å²) >= 11 is 0. The fraction of sp³-hybridized carbons (Fsp3) is 0.111. The quantitative estimate of drug-likeness (QED) is 0.763. The molecule has 0 unspecified atom stereocenters. The lowest BCUT2D eigenvalue weighted by atomic mass is 9.99. The molecule has 1 N–H and O–H groups in total. The van der Waals surface area contributed by atoms with E-state index in [0.29, 0.717) is 16.6 Å². The van der Waals surface area contributed by atoms with Gasteiger partial charge in [-0.2, -0.15) is 0 Å². The van der Waals surface area contributed by atoms with Gasteiger partial charge in [0.15, 0.2) is 0 Å². The number of hydrogen-bond acceptors (Lipinski definition) is 2. The number of carboxylic acid groups (broad SMARTS) is 1. The molecule has 0 aliphatic rings. The first-order valence-corrected chi connectivity index (χ1v) is 6.77. The molecule has 21 heavy (non-hydrogen) atoms. The maximum atomic E-state index is 11.6. The van der Waals surface area contributed by atoms with Gasteiger partial charge < -0.3 is 5.11 Å². The van der Waals surface area contributed by atoms with Gasteiger partial charge in [0.1, 0.15) is 0 Å². The van der Waals surface area contributed by atoms with Crippen LogP contribution in [0.5, 0.6) is 0 Å². The van der Waals surface area contributed by atoms with Crippen molar-refractivity contribution in [3.8, 4) is 11.3 Å². The molecule has 0 aliphatic carbocycles. The maximum Gasteiger partial charge on any atom is 0.336 e. The third-order valence-electron chi connectivity index (χ3n) is 3.81. The number of fused-ring (bicyclic) bond motifs is 1. The molecule has 2 aromatic carbocycles. The number of carbonyl (C=O) groups is 1. The van der Waals surface area contributed by atoms with E-state index in [-0.39, 0.29) is 0 Å². The summed E-state index contributed by atoms with van der Waals surface area (Å²) in [5.74, 6) is -0.928. The molecular weight excluding hydrogens is 262 g/mol. The first kappa shape index (κ1) is 13.3. The molecule has 0 fully saturated rings. The molecule has 0 saturated heterocycles. The molecular formula is C18H15NO2. The van der Waals surface area contributed by atoms with E-state index < -0.39 is 5.97 Å². The number of rotatable bonds is 2. The van der Waals surface area contributed by atoms with Crippen molar-refractivity contribution < 1.29 is 9.90 Å². The SMILES string of the molecule is Cc1ccc2c(C(=O)O)cc(-c3ccccc3)nc2c1C. The van der Waals surface area contributed by atoms with Crippen LogP contribution in [-0.2, 0) is 0 Å². The van der Waals surface area contributed by atoms with Crippen LogP contribution in [-0.4, -0.2) is 16.1 Å². The van der Waals surface area contributed by atoms with Gasteiger partial charge in [-0.15, -0.1) is 0 Å². The van der Waals surface area contributed by atoms with Gasteiger partial charge in [-0.25, -0.2) is 9.78 Å². The second kappa shape index (κ2) is 5.02. The molecule has 104 valence electrons. The van der Waals surface area contributed by atoms with Gasteiger partial charge >= 0.3 is 5.97 Å². The molecule has 0 amide bonds. The number of aromatic carboxylic acids is 1. The minimum atomic E-state index is -0.928. The predicted octanol–water partition coefficient (Wildman–Crippen LogP) is 4.22. The van der Waals surface area contributed by atoms with Gasteiger partial charge in [-0.3, -0.25) is 0 Å². The van der Waals surface area contributed by atoms with E-state index in [0.717, 1.165) is 22.2 Å². The maximum absolute atomic E-state index is 11.6. The first-order valence-electron chi connectivity index (χ1n) is 6.77. The van der Waals surface area contributed by atoms with Crippen molar-refractivity contribution in [3.05, 3.63) is 65.2 Å². The van der Waals surface area contributed by atoms with Crippen LogP contribution in [0, 0.1) is 13.8 Å². The zero-order chi connectivity index (χ0) is 15.0. The Morgan fingerprint density at radius 3 is 2.43 bits per heavy atom. The van der Waals surface area contributed by atoms with E-state index in [9.17, 15) is 9.90 Å². The molecule has 3 rings (SSSR count). The lowest BCUT2D eigenvalue weighted by molar-refractivity contribution is 0.0699. The molecule has 0 bridgehead atoms. The molecule has 0 atom stereocenters. The minimum absolute atomic E-state index is 0.293. The number of carboxylic acids is 1. The van der Waals surface area contributed by atoms with E-state index in [1.54, 1.807) is 6.07 Å². The highest BCUT2D eigenvalue weighted by atomic mass is 16.4. The lowest BCUT2D eigenvalue weighted by Crippen LogP contribution is -2.01. The summed E-state index contributed by atoms with van der Waals surface area (Å²) in [4.78, 5) is 16.3. The zero-order valence-corrected chi connectivity index (χ0v) is 11.9. The van der Waals surface area contributed by atoms with Gasteiger partial charge in [0.25, 0.3) is 0 Å². The number of pyridine rings is 1. The van der Waals surface area contributed by atoms with E-state index in [1.165, 1.54) is 0 Å². The summed E-state index contributed by atoms with van der Waals surface area (Å²) in [7, 11) is 0. The van der Waals surface area contributed by atoms with Gasteiger partial charge in [-0.05, 0) is 31.0 Å². The number of aryl methyl sites for hydroxylation is 2. The van der Waals surface area contributed by atoms with Gasteiger partial charge in [0.05, 0.1) is 16.8 Å². The highest BCUT2D eigenvalue weighted by Gasteiger charge is 2.14. The van der Waals surface area contributed by atoms with Crippen LogP contribution in [0.4, 0.5) is 0 Å². The topological polar surface area (TPSA) is 50.2 Å². The van der Waals surface area contributed by atoms with Gasteiger partial charge in [0.2, 0.25) is 0 Å². The Labute approximate surface area is 122 Å². The first-order chi connectivity index (χ1) is 10.1. The van der Waals surface area contributed by atoms with Crippen LogP contribution in [0.1, 0.15) is 21.5 Å². The average Bonchev–Trinajstić information content (AvgIpc) is 2.51. The molecule has 0 aliphatic heterocycles. The second-order valence-corrected chi connectivity index (χ2v) is 5.13. The van der Waals surface area contributed by atoms with E-state index in [2.05, 4.69) is 4.98 Å². The van der Waals surface area contributed by atoms with Crippen LogP contribution in [0.2, 0.25) is 0 Å². The molecule has 3 heteroatoms. The van der Waals surface area contributed by atoms with E-state index in [1.807, 2.05) is 56.3 Å². The largest absolute Gasteiger partial charge is 0.478 e. The highest BCUT2D eigenvalue weighted by molar-refractivity contribution is 6.04. The van der Waals surface area contributed by atoms with Crippen molar-refractivity contribution in [1.82, 2.24) is 4.98 Å². The molecule has 0 radical (unpaired) electrons. The molecule has 1 heterocycles. The normalized spacial score (nSPS) is 10.8. The van der Waals surface area contributed by atoms with Crippen LogP contribution >= 0.6 is 0 Å². The van der Waals surface area contributed by atoms with Crippen molar-refractivity contribution in [1.29, 1.82) is 0 Å². The third-order valence-corrected chi connectivity index (χ3v) is 3.81. The van der Waals surface area contributed by atoms with Crippen molar-refractivity contribution in [2.75, 3.05) is 0 Å². The molecule has 0 saturated carbocycles. The standard InChI is InChI=1S/C18H15NO2/c1-11-8-9-14-15(18(20)21)10-16(19-17(14)12(11)2)13-6-4-3-5-7-13/h3-10H,1-2H3,(H,20,21). The van der Waals surface area contributed by atoms with E-state index >= 15 is 0 Å². The van der Waals surface area contributed by atoms with Crippen LogP contribution < -0.4 is 0 Å². The summed E-state index contributed by atoms with van der Waals surface area (Å²) in [6.07, 6.45) is 0. The van der Waals surface area contributed by atoms with Crippen molar-refractivity contribution in [3.63, 3.8) is 0 Å². The minimum Gasteiger partial charge on any atom is -0.478 e. The summed E-state index contributed by atoms with van der Waals surface area (Å²) in [5, 5.41) is 10.2. The van der Waals surface area contributed by atoms with Gasteiger partial charge in [0, 0.05) is 10.9 Å². The summed E-state index contributed by atoms with van der Waals surface area (Å²) in [6.45, 7) is 3.98. The smallest absolute Gasteiger partial charge is 0.336 e. The average molecular weight is 277 g/mol. The zero-order valence-electron chi connectivity index (χ0n) is 11.9. The number of aromatic nitrogens is 1. The van der Waals surface area contributed by atoms with E-state index in [4.69, 9.17) is 0 Å². The van der Waals surface area contributed by atoms with Crippen LogP contribution in [0.25, 0.3) is 22.2 Å². The Morgan fingerprint density at radius 2 is 1.76 bits per heavy atom. The Kier molecular flexibility index (Phi) is 3.18. The third kappa shape index (κ3) is 2.27. The fourth-order valence-electron chi connectivity index (χ4n) is 2.46. The molecule has 1 aromatic heterocycles. The Balaban J connectivity index is 2.39. The highest BCUT2D eigenvalue weighted by Crippen LogP contribution is 2.28. The Hall–Kier alpha value is -2.68. The van der Waals surface area contributed by atoms with Crippen LogP contribution in [0.3, 0.4) is 0 Å². The van der Waals surface area contributed by atoms with Gasteiger partial charge in [-0.1, -0.05) is 42.5 Å². The van der Waals surface area contributed by atoms with Crippen molar-refractivity contribution in [2.45, 2.75) is 13.8 Å². The van der Waals surface area contributed by atoms with Crippen molar-refractivity contribution in [2.24, 2.45) is 0 Å². The molecule has 3 aromatic rings. The van der Waals surface area contributed by atoms with Crippen LogP contribution in [0.15, 0.2) is 48.5 Å². The monoisotopic (exact) mass is 277 g/mol. The lowest BCUT2D eigenvalue weighted by Gasteiger charge is -2.10. The number of benzene rings is 2. The fourth-order valence-corrected chi connectivity index (χ4v) is 2.46. The number of hydrogen-bond donors (Lipinski definition) is 1. The second-order valence-electron chi connectivity index (χ2n) is 5.13. The Bertz CT molecular complexity index is 839. The Morgan fingerprint density at radius 1 is 1.05 bits per heavy atom. The van der Waals surface area contributed by atoms with Crippen molar-refractivity contribution >= 4 is 16.9 Å².